The number of nitrogens with zero attached hydrogens (tertiary/aromatic N) is 1. The fraction of sp³-hybridized carbons (Fsp3) is 0.312. The molecule has 0 saturated heterocycles. The third kappa shape index (κ3) is 2.66. The molecule has 3 rings (SSSR count). The average molecular weight is 270 g/mol. The fourth-order valence-corrected chi connectivity index (χ4v) is 2.40. The van der Waals surface area contributed by atoms with Gasteiger partial charge in [-0.2, -0.15) is 0 Å². The number of methoxy groups -OCH3 is 1. The minimum atomic E-state index is 0.519. The van der Waals surface area contributed by atoms with Gasteiger partial charge in [-0.1, -0.05) is 18.2 Å². The largest absolute Gasteiger partial charge is 0.491 e. The van der Waals surface area contributed by atoms with Crippen LogP contribution in [-0.4, -0.2) is 25.2 Å². The van der Waals surface area contributed by atoms with Crippen LogP contribution in [0, 0.1) is 0 Å². The molecular formula is C16H18N2O2. The van der Waals surface area contributed by atoms with Gasteiger partial charge in [0.25, 0.3) is 0 Å². The summed E-state index contributed by atoms with van der Waals surface area (Å²) in [6.45, 7) is 2.90. The van der Waals surface area contributed by atoms with Gasteiger partial charge in [0.15, 0.2) is 0 Å². The van der Waals surface area contributed by atoms with Crippen molar-refractivity contribution < 1.29 is 9.47 Å². The van der Waals surface area contributed by atoms with Crippen molar-refractivity contribution in [2.45, 2.75) is 13.2 Å². The number of benzene rings is 1. The molecule has 0 saturated carbocycles. The molecule has 104 valence electrons. The van der Waals surface area contributed by atoms with Crippen molar-refractivity contribution in [2.24, 2.45) is 0 Å². The Labute approximate surface area is 118 Å². The topological polar surface area (TPSA) is 43.4 Å². The summed E-state index contributed by atoms with van der Waals surface area (Å²) in [5.41, 5.74) is 4.08. The first-order valence-electron chi connectivity index (χ1n) is 6.79. The van der Waals surface area contributed by atoms with Gasteiger partial charge in [-0.3, -0.25) is 4.98 Å². The summed E-state index contributed by atoms with van der Waals surface area (Å²) in [6, 6.07) is 12.2. The highest BCUT2D eigenvalue weighted by Crippen LogP contribution is 2.33. The zero-order valence-electron chi connectivity index (χ0n) is 11.6. The van der Waals surface area contributed by atoms with E-state index in [0.717, 1.165) is 35.8 Å². The molecule has 0 radical (unpaired) electrons. The van der Waals surface area contributed by atoms with E-state index in [1.807, 2.05) is 18.2 Å². The maximum Gasteiger partial charge on any atom is 0.133 e. The number of hydrogen-bond acceptors (Lipinski definition) is 4. The Morgan fingerprint density at radius 3 is 3.05 bits per heavy atom. The normalized spacial score (nSPS) is 14.2. The number of ether oxygens (including phenoxy) is 2. The summed E-state index contributed by atoms with van der Waals surface area (Å²) in [6.07, 6.45) is 0. The summed E-state index contributed by atoms with van der Waals surface area (Å²) in [7, 11) is 1.68. The maximum absolute atomic E-state index is 5.90. The van der Waals surface area contributed by atoms with Crippen molar-refractivity contribution in [3.8, 4) is 17.0 Å². The van der Waals surface area contributed by atoms with Gasteiger partial charge in [0, 0.05) is 31.3 Å². The second-order valence-corrected chi connectivity index (χ2v) is 4.77. The van der Waals surface area contributed by atoms with Crippen molar-refractivity contribution in [1.82, 2.24) is 10.3 Å². The van der Waals surface area contributed by atoms with E-state index in [1.165, 1.54) is 5.56 Å². The Bertz CT molecular complexity index is 599. The Morgan fingerprint density at radius 1 is 1.25 bits per heavy atom. The van der Waals surface area contributed by atoms with Crippen LogP contribution in [0.1, 0.15) is 11.3 Å². The molecule has 2 heterocycles. The predicted molar refractivity (Wildman–Crippen MR) is 77.6 cm³/mol. The molecule has 0 aliphatic carbocycles. The molecule has 0 unspecified atom stereocenters. The molecule has 4 nitrogen and oxygen atoms in total. The molecule has 0 amide bonds. The minimum Gasteiger partial charge on any atom is -0.491 e. The summed E-state index contributed by atoms with van der Waals surface area (Å²) in [5, 5.41) is 3.35. The van der Waals surface area contributed by atoms with E-state index in [-0.39, 0.29) is 0 Å². The first-order valence-corrected chi connectivity index (χ1v) is 6.79. The molecule has 2 aromatic rings. The third-order valence-electron chi connectivity index (χ3n) is 3.31. The molecule has 1 aliphatic rings. The van der Waals surface area contributed by atoms with Crippen LogP contribution in [0.25, 0.3) is 11.3 Å². The Kier molecular flexibility index (Phi) is 3.95. The van der Waals surface area contributed by atoms with Crippen LogP contribution in [0.5, 0.6) is 5.75 Å². The molecule has 1 aromatic carbocycles. The summed E-state index contributed by atoms with van der Waals surface area (Å²) in [5.74, 6) is 0.944. The van der Waals surface area contributed by atoms with E-state index in [2.05, 4.69) is 28.5 Å². The summed E-state index contributed by atoms with van der Waals surface area (Å²) in [4.78, 5) is 4.65. The molecule has 0 fully saturated rings. The number of nitrogens with one attached hydrogen (secondary N) is 1. The molecule has 0 bridgehead atoms. The first kappa shape index (κ1) is 13.1. The number of pyridine rings is 1. The standard InChI is InChI=1S/C16H18N2O2/c1-19-11-13-5-3-7-15(18-13)14-6-2-4-12-10-17-8-9-20-16(12)14/h2-7,17H,8-11H2,1H3. The molecule has 1 aliphatic heterocycles. The minimum absolute atomic E-state index is 0.519. The Morgan fingerprint density at radius 2 is 2.15 bits per heavy atom. The third-order valence-corrected chi connectivity index (χ3v) is 3.31. The van der Waals surface area contributed by atoms with Crippen LogP contribution in [0.4, 0.5) is 0 Å². The molecule has 0 atom stereocenters. The second-order valence-electron chi connectivity index (χ2n) is 4.77. The predicted octanol–water partition coefficient (Wildman–Crippen LogP) is 2.38. The highest BCUT2D eigenvalue weighted by molar-refractivity contribution is 5.69. The van der Waals surface area contributed by atoms with Crippen LogP contribution in [-0.2, 0) is 17.9 Å². The lowest BCUT2D eigenvalue weighted by Crippen LogP contribution is -2.16. The van der Waals surface area contributed by atoms with Gasteiger partial charge in [-0.15, -0.1) is 0 Å². The lowest BCUT2D eigenvalue weighted by molar-refractivity contribution is 0.181. The first-order chi connectivity index (χ1) is 9.88. The van der Waals surface area contributed by atoms with Crippen molar-refractivity contribution in [1.29, 1.82) is 0 Å². The van der Waals surface area contributed by atoms with Gasteiger partial charge in [0.2, 0.25) is 0 Å². The van der Waals surface area contributed by atoms with E-state index in [4.69, 9.17) is 9.47 Å². The van der Waals surface area contributed by atoms with Gasteiger partial charge in [0.05, 0.1) is 18.0 Å². The number of aromatic nitrogens is 1. The number of hydrogen-bond donors (Lipinski definition) is 1. The van der Waals surface area contributed by atoms with Gasteiger partial charge in [-0.25, -0.2) is 0 Å². The van der Waals surface area contributed by atoms with E-state index >= 15 is 0 Å². The number of rotatable bonds is 3. The molecule has 1 N–H and O–H groups in total. The highest BCUT2D eigenvalue weighted by Gasteiger charge is 2.15. The molecule has 0 spiro atoms. The van der Waals surface area contributed by atoms with Gasteiger partial charge < -0.3 is 14.8 Å². The van der Waals surface area contributed by atoms with Crippen molar-refractivity contribution in [3.63, 3.8) is 0 Å². The van der Waals surface area contributed by atoms with Crippen molar-refractivity contribution >= 4 is 0 Å². The number of para-hydroxylation sites is 1. The van der Waals surface area contributed by atoms with Gasteiger partial charge in [0.1, 0.15) is 12.4 Å². The van der Waals surface area contributed by atoms with Crippen LogP contribution < -0.4 is 10.1 Å². The van der Waals surface area contributed by atoms with Crippen LogP contribution >= 0.6 is 0 Å². The van der Waals surface area contributed by atoms with Crippen LogP contribution in [0.3, 0.4) is 0 Å². The monoisotopic (exact) mass is 270 g/mol. The molecule has 4 heteroatoms. The lowest BCUT2D eigenvalue weighted by atomic mass is 10.0. The quantitative estimate of drug-likeness (QED) is 0.930. The smallest absolute Gasteiger partial charge is 0.133 e. The van der Waals surface area contributed by atoms with Crippen LogP contribution in [0.15, 0.2) is 36.4 Å². The summed E-state index contributed by atoms with van der Waals surface area (Å²) >= 11 is 0. The average Bonchev–Trinajstić information content (AvgIpc) is 2.73. The van der Waals surface area contributed by atoms with Crippen LogP contribution in [0.2, 0.25) is 0 Å². The summed E-state index contributed by atoms with van der Waals surface area (Å²) < 4.78 is 11.0. The van der Waals surface area contributed by atoms with E-state index in [9.17, 15) is 0 Å². The zero-order valence-corrected chi connectivity index (χ0v) is 11.6. The SMILES string of the molecule is COCc1cccc(-c2cccc3c2OCCNC3)n1. The van der Waals surface area contributed by atoms with Gasteiger partial charge in [-0.05, 0) is 18.2 Å². The number of fused-ring (bicyclic) bond motifs is 1. The molecule has 20 heavy (non-hydrogen) atoms. The Hall–Kier alpha value is -1.91. The molecular weight excluding hydrogens is 252 g/mol. The Balaban J connectivity index is 2.03. The second kappa shape index (κ2) is 6.03. The zero-order chi connectivity index (χ0) is 13.8. The van der Waals surface area contributed by atoms with Crippen molar-refractivity contribution in [3.05, 3.63) is 47.7 Å². The maximum atomic E-state index is 5.90. The fourth-order valence-electron chi connectivity index (χ4n) is 2.40. The van der Waals surface area contributed by atoms with E-state index in [0.29, 0.717) is 13.2 Å². The van der Waals surface area contributed by atoms with E-state index < -0.39 is 0 Å². The lowest BCUT2D eigenvalue weighted by Gasteiger charge is -2.12. The molecule has 1 aromatic heterocycles. The van der Waals surface area contributed by atoms with Crippen molar-refractivity contribution in [2.75, 3.05) is 20.3 Å². The highest BCUT2D eigenvalue weighted by atomic mass is 16.5. The van der Waals surface area contributed by atoms with E-state index in [1.54, 1.807) is 7.11 Å². The van der Waals surface area contributed by atoms with Gasteiger partial charge >= 0.3 is 0 Å².